The summed E-state index contributed by atoms with van der Waals surface area (Å²) in [6, 6.07) is 11.4. The normalized spacial score (nSPS) is 10.5. The van der Waals surface area contributed by atoms with Gasteiger partial charge in [-0.05, 0) is 29.8 Å². The van der Waals surface area contributed by atoms with Crippen molar-refractivity contribution in [2.24, 2.45) is 0 Å². The van der Waals surface area contributed by atoms with Gasteiger partial charge in [0.2, 0.25) is 11.6 Å². The Morgan fingerprint density at radius 2 is 1.52 bits per heavy atom. The van der Waals surface area contributed by atoms with Gasteiger partial charge in [0.15, 0.2) is 11.5 Å². The Bertz CT molecular complexity index is 870. The summed E-state index contributed by atoms with van der Waals surface area (Å²) < 4.78 is 27.0. The highest BCUT2D eigenvalue weighted by Crippen LogP contribution is 2.41. The van der Waals surface area contributed by atoms with Gasteiger partial charge in [-0.3, -0.25) is 0 Å². The first-order chi connectivity index (χ1) is 13.2. The first-order valence-corrected chi connectivity index (χ1v) is 9.06. The number of hydrogen-bond acceptors (Lipinski definition) is 8. The molecule has 0 fully saturated rings. The minimum absolute atomic E-state index is 0.381. The van der Waals surface area contributed by atoms with Gasteiger partial charge in [-0.25, -0.2) is 0 Å². The molecule has 0 spiro atoms. The van der Waals surface area contributed by atoms with Crippen LogP contribution in [0.2, 0.25) is 0 Å². The van der Waals surface area contributed by atoms with E-state index in [1.807, 2.05) is 24.3 Å². The fourth-order valence-electron chi connectivity index (χ4n) is 2.46. The van der Waals surface area contributed by atoms with Crippen molar-refractivity contribution < 1.29 is 23.4 Å². The number of methoxy groups -OCH3 is 4. The van der Waals surface area contributed by atoms with Gasteiger partial charge in [-0.2, -0.15) is 0 Å². The molecule has 0 saturated heterocycles. The molecule has 1 aromatic heterocycles. The first-order valence-electron chi connectivity index (χ1n) is 8.08. The number of ether oxygens (including phenoxy) is 4. The van der Waals surface area contributed by atoms with Gasteiger partial charge in [0.05, 0.1) is 28.4 Å². The maximum atomic E-state index is 5.77. The summed E-state index contributed by atoms with van der Waals surface area (Å²) in [6.45, 7) is 0. The van der Waals surface area contributed by atoms with Crippen LogP contribution >= 0.6 is 11.8 Å². The number of thioether (sulfide) groups is 1. The summed E-state index contributed by atoms with van der Waals surface area (Å²) in [7, 11) is 6.32. The number of benzene rings is 2. The van der Waals surface area contributed by atoms with Gasteiger partial charge in [0.25, 0.3) is 5.22 Å². The molecular formula is C19H20N2O5S. The van der Waals surface area contributed by atoms with Crippen LogP contribution in [0.5, 0.6) is 23.0 Å². The molecule has 0 N–H and O–H groups in total. The highest BCUT2D eigenvalue weighted by molar-refractivity contribution is 7.98. The minimum atomic E-state index is 0.381. The monoisotopic (exact) mass is 388 g/mol. The molecule has 142 valence electrons. The van der Waals surface area contributed by atoms with E-state index in [-0.39, 0.29) is 0 Å². The smallest absolute Gasteiger partial charge is 0.277 e. The van der Waals surface area contributed by atoms with Crippen LogP contribution in [0.3, 0.4) is 0 Å². The second kappa shape index (κ2) is 8.68. The van der Waals surface area contributed by atoms with Crippen molar-refractivity contribution in [1.82, 2.24) is 10.2 Å². The topological polar surface area (TPSA) is 75.8 Å². The van der Waals surface area contributed by atoms with Crippen molar-refractivity contribution in [3.05, 3.63) is 42.0 Å². The van der Waals surface area contributed by atoms with Gasteiger partial charge in [0, 0.05) is 11.3 Å². The van der Waals surface area contributed by atoms with Crippen molar-refractivity contribution in [1.29, 1.82) is 0 Å². The Kier molecular flexibility index (Phi) is 6.08. The van der Waals surface area contributed by atoms with Crippen molar-refractivity contribution in [3.63, 3.8) is 0 Å². The standard InChI is InChI=1S/C19H20N2O5S/c1-22-14-7-5-12(6-8-14)11-27-19-21-20-18(26-19)13-9-15(23-2)17(25-4)16(10-13)24-3/h5-10H,11H2,1-4H3. The molecule has 2 aromatic carbocycles. The van der Waals surface area contributed by atoms with Gasteiger partial charge < -0.3 is 23.4 Å². The Hall–Kier alpha value is -2.87. The first kappa shape index (κ1) is 18.9. The second-order valence-electron chi connectivity index (χ2n) is 5.42. The summed E-state index contributed by atoms with van der Waals surface area (Å²) in [4.78, 5) is 0. The van der Waals surface area contributed by atoms with E-state index in [2.05, 4.69) is 10.2 Å². The lowest BCUT2D eigenvalue weighted by Crippen LogP contribution is -1.95. The zero-order valence-electron chi connectivity index (χ0n) is 15.5. The van der Waals surface area contributed by atoms with Crippen LogP contribution in [0.4, 0.5) is 0 Å². The molecule has 0 atom stereocenters. The number of hydrogen-bond donors (Lipinski definition) is 0. The van der Waals surface area contributed by atoms with Crippen molar-refractivity contribution in [3.8, 4) is 34.5 Å². The molecule has 27 heavy (non-hydrogen) atoms. The SMILES string of the molecule is COc1ccc(CSc2nnc(-c3cc(OC)c(OC)c(OC)c3)o2)cc1. The van der Waals surface area contributed by atoms with Crippen LogP contribution in [-0.2, 0) is 5.75 Å². The lowest BCUT2D eigenvalue weighted by molar-refractivity contribution is 0.324. The summed E-state index contributed by atoms with van der Waals surface area (Å²) in [5.74, 6) is 3.48. The highest BCUT2D eigenvalue weighted by Gasteiger charge is 2.17. The maximum absolute atomic E-state index is 5.77. The zero-order chi connectivity index (χ0) is 19.2. The van der Waals surface area contributed by atoms with E-state index >= 15 is 0 Å². The van der Waals surface area contributed by atoms with Crippen LogP contribution in [0.15, 0.2) is 46.0 Å². The average molecular weight is 388 g/mol. The van der Waals surface area contributed by atoms with Crippen molar-refractivity contribution in [2.75, 3.05) is 28.4 Å². The third-order valence-corrected chi connectivity index (χ3v) is 4.73. The van der Waals surface area contributed by atoms with Crippen LogP contribution in [0.1, 0.15) is 5.56 Å². The van der Waals surface area contributed by atoms with Crippen molar-refractivity contribution in [2.45, 2.75) is 11.0 Å². The largest absolute Gasteiger partial charge is 0.497 e. The number of rotatable bonds is 8. The van der Waals surface area contributed by atoms with E-state index in [0.717, 1.165) is 11.3 Å². The Labute approximate surface area is 161 Å². The Balaban J connectivity index is 1.76. The molecule has 0 aliphatic heterocycles. The molecule has 7 nitrogen and oxygen atoms in total. The van der Waals surface area contributed by atoms with Crippen LogP contribution in [-0.4, -0.2) is 38.6 Å². The third-order valence-electron chi connectivity index (χ3n) is 3.84. The molecule has 0 radical (unpaired) electrons. The number of aromatic nitrogens is 2. The summed E-state index contributed by atoms with van der Waals surface area (Å²) in [6.07, 6.45) is 0. The highest BCUT2D eigenvalue weighted by atomic mass is 32.2. The summed E-state index contributed by atoms with van der Waals surface area (Å²) >= 11 is 1.46. The number of nitrogens with zero attached hydrogens (tertiary/aromatic N) is 2. The van der Waals surface area contributed by atoms with E-state index in [9.17, 15) is 0 Å². The fraction of sp³-hybridized carbons (Fsp3) is 0.263. The van der Waals surface area contributed by atoms with E-state index in [1.165, 1.54) is 11.8 Å². The van der Waals surface area contributed by atoms with Crippen molar-refractivity contribution >= 4 is 11.8 Å². The average Bonchev–Trinajstić information content (AvgIpc) is 3.20. The lowest BCUT2D eigenvalue weighted by atomic mass is 10.2. The second-order valence-corrected chi connectivity index (χ2v) is 6.35. The van der Waals surface area contributed by atoms with Gasteiger partial charge in [-0.15, -0.1) is 10.2 Å². The Morgan fingerprint density at radius 1 is 0.852 bits per heavy atom. The molecule has 1 heterocycles. The van der Waals surface area contributed by atoms with Crippen LogP contribution < -0.4 is 18.9 Å². The molecule has 3 aromatic rings. The van der Waals surface area contributed by atoms with Crippen LogP contribution in [0, 0.1) is 0 Å². The van der Waals surface area contributed by atoms with Gasteiger partial charge >= 0.3 is 0 Å². The quantitative estimate of drug-likeness (QED) is 0.535. The van der Waals surface area contributed by atoms with E-state index < -0.39 is 0 Å². The summed E-state index contributed by atoms with van der Waals surface area (Å²) in [5, 5.41) is 8.71. The van der Waals surface area contributed by atoms with Crippen LogP contribution in [0.25, 0.3) is 11.5 Å². The molecule has 0 aliphatic carbocycles. The molecule has 0 aliphatic rings. The van der Waals surface area contributed by atoms with E-state index in [4.69, 9.17) is 23.4 Å². The molecule has 0 bridgehead atoms. The maximum Gasteiger partial charge on any atom is 0.277 e. The van der Waals surface area contributed by atoms with E-state index in [1.54, 1.807) is 40.6 Å². The van der Waals surface area contributed by atoms with Gasteiger partial charge in [0.1, 0.15) is 5.75 Å². The lowest BCUT2D eigenvalue weighted by Gasteiger charge is -2.12. The third kappa shape index (κ3) is 4.28. The molecule has 3 rings (SSSR count). The predicted molar refractivity (Wildman–Crippen MR) is 102 cm³/mol. The summed E-state index contributed by atoms with van der Waals surface area (Å²) in [5.41, 5.74) is 1.82. The molecule has 0 saturated carbocycles. The van der Waals surface area contributed by atoms with E-state index in [0.29, 0.717) is 39.7 Å². The molecule has 0 amide bonds. The fourth-order valence-corrected chi connectivity index (χ4v) is 3.18. The Morgan fingerprint density at radius 3 is 2.07 bits per heavy atom. The molecule has 8 heteroatoms. The van der Waals surface area contributed by atoms with Gasteiger partial charge in [-0.1, -0.05) is 23.9 Å². The predicted octanol–water partition coefficient (Wildman–Crippen LogP) is 4.06. The zero-order valence-corrected chi connectivity index (χ0v) is 16.3. The molecular weight excluding hydrogens is 368 g/mol. The molecule has 0 unspecified atom stereocenters. The minimum Gasteiger partial charge on any atom is -0.497 e.